The molecule has 5 N–H and O–H groups in total. The molecule has 2 heterocycles. The summed E-state index contributed by atoms with van der Waals surface area (Å²) in [6.45, 7) is 0.700. The molecule has 1 aliphatic rings. The number of β-lactam (4-membered cyclic amide) rings is 1. The summed E-state index contributed by atoms with van der Waals surface area (Å²) in [5.41, 5.74) is 7.90. The average Bonchev–Trinajstić information content (AvgIpc) is 3.13. The molecule has 180 valence electrons. The number of hydroxylamine groups is 2. The van der Waals surface area contributed by atoms with E-state index in [4.69, 9.17) is 21.1 Å². The van der Waals surface area contributed by atoms with Gasteiger partial charge in [-0.2, -0.15) is 0 Å². The van der Waals surface area contributed by atoms with Crippen LogP contribution in [0.5, 0.6) is 0 Å². The fourth-order valence-corrected chi connectivity index (χ4v) is 2.84. The molecule has 1 aromatic heterocycles. The summed E-state index contributed by atoms with van der Waals surface area (Å²) in [4.78, 5) is 71.4. The molecule has 0 saturated carbocycles. The van der Waals surface area contributed by atoms with E-state index in [0.717, 1.165) is 25.2 Å². The number of amides is 3. The number of carboxylic acid groups (broad SMARTS) is 2. The Bertz CT molecular complexity index is 1000. The Labute approximate surface area is 245 Å². The van der Waals surface area contributed by atoms with Gasteiger partial charge in [0.25, 0.3) is 11.8 Å². The Morgan fingerprint density at radius 3 is 2.40 bits per heavy atom. The van der Waals surface area contributed by atoms with Gasteiger partial charge in [-0.3, -0.25) is 14.4 Å². The molecular weight excluding hydrogens is 514 g/mol. The third-order valence-corrected chi connectivity index (χ3v) is 4.68. The zero-order valence-electron chi connectivity index (χ0n) is 19.1. The number of nitrogens with zero attached hydrogens (tertiary/aromatic N) is 3. The molecule has 1 aromatic rings. The first-order chi connectivity index (χ1) is 15.3. The smallest absolute Gasteiger partial charge is 0.548 e. The van der Waals surface area contributed by atoms with Gasteiger partial charge in [0.05, 0.1) is 11.9 Å². The predicted octanol–water partition coefficient (Wildman–Crippen LogP) is -10.5. The minimum absolute atomic E-state index is 0. The molecular formula is C16H18N6Na2O10S. The Hall–Kier alpha value is -1.99. The van der Waals surface area contributed by atoms with Crippen LogP contribution in [-0.4, -0.2) is 76.5 Å². The van der Waals surface area contributed by atoms with Gasteiger partial charge in [0, 0.05) is 5.38 Å². The number of hydrogen-bond acceptors (Lipinski definition) is 14. The number of aromatic nitrogens is 1. The van der Waals surface area contributed by atoms with Crippen molar-refractivity contribution < 1.29 is 108 Å². The third-order valence-electron chi connectivity index (χ3n) is 4.01. The van der Waals surface area contributed by atoms with Gasteiger partial charge in [-0.25, -0.2) is 14.8 Å². The molecule has 2 rings (SSSR count). The number of primary amides is 1. The Kier molecular flexibility index (Phi) is 13.1. The SMILES string of the molecule is CC(C)(O/N=C(\C(=O)N[C@@H]1C(=O)N(OCC(=O)[O-])[C@H]1COC(N)=O)c1csc(N)n1)C(=O)[O-].[Na+].[Na+]. The van der Waals surface area contributed by atoms with E-state index in [-0.39, 0.29) is 69.9 Å². The number of nitrogen functional groups attached to an aromatic ring is 1. The Balaban J connectivity index is 0.00000578. The van der Waals surface area contributed by atoms with Gasteiger partial charge in [0.1, 0.15) is 31.0 Å². The molecule has 0 unspecified atom stereocenters. The van der Waals surface area contributed by atoms with Crippen molar-refractivity contribution in [2.45, 2.75) is 31.5 Å². The van der Waals surface area contributed by atoms with E-state index in [2.05, 4.69) is 20.2 Å². The molecule has 35 heavy (non-hydrogen) atoms. The summed E-state index contributed by atoms with van der Waals surface area (Å²) in [6.07, 6.45) is -1.20. The quantitative estimate of drug-likeness (QED) is 0.104. The van der Waals surface area contributed by atoms with E-state index in [9.17, 15) is 34.2 Å². The maximum absolute atomic E-state index is 12.8. The standard InChI is InChI=1S/C16H20N6O10S.2Na/c1-16(2,13(27)28)32-21-9(6-5-33-14(17)19-6)11(25)20-10-7(3-30-15(18)29)22(12(10)26)31-4-8(23)24;;/h5,7,10H,3-4H2,1-2H3,(H2,17,19)(H2,18,29)(H,20,25)(H,23,24)(H,27,28);;/q;2*+1/p-2/b21-9-;;/t7-,10-;;/m0../s1. The number of rotatable bonds is 11. The van der Waals surface area contributed by atoms with Gasteiger partial charge < -0.3 is 46.2 Å². The van der Waals surface area contributed by atoms with Crippen LogP contribution in [0.2, 0.25) is 0 Å². The van der Waals surface area contributed by atoms with E-state index in [0.29, 0.717) is 5.06 Å². The summed E-state index contributed by atoms with van der Waals surface area (Å²) in [7, 11) is 0. The van der Waals surface area contributed by atoms with Crippen molar-refractivity contribution in [3.8, 4) is 0 Å². The topological polar surface area (TPSA) is 252 Å². The summed E-state index contributed by atoms with van der Waals surface area (Å²) in [5.74, 6) is -5.19. The second-order valence-electron chi connectivity index (χ2n) is 6.86. The first-order valence-electron chi connectivity index (χ1n) is 8.91. The number of aliphatic carboxylic acids is 2. The van der Waals surface area contributed by atoms with Gasteiger partial charge in [-0.1, -0.05) is 5.16 Å². The zero-order chi connectivity index (χ0) is 24.9. The molecule has 0 radical (unpaired) electrons. The van der Waals surface area contributed by atoms with E-state index in [1.807, 2.05) is 0 Å². The summed E-state index contributed by atoms with van der Waals surface area (Å²) >= 11 is 0.944. The zero-order valence-corrected chi connectivity index (χ0v) is 23.9. The largest absolute Gasteiger partial charge is 1.00 e. The first kappa shape index (κ1) is 33.0. The van der Waals surface area contributed by atoms with Crippen molar-refractivity contribution in [1.29, 1.82) is 0 Å². The minimum atomic E-state index is -1.92. The molecule has 1 fully saturated rings. The van der Waals surface area contributed by atoms with Crippen molar-refractivity contribution in [3.63, 3.8) is 0 Å². The number of anilines is 1. The molecule has 1 saturated heterocycles. The molecule has 3 amide bonds. The van der Waals surface area contributed by atoms with Gasteiger partial charge in [0.2, 0.25) is 0 Å². The first-order valence-corrected chi connectivity index (χ1v) is 9.79. The number of ether oxygens (including phenoxy) is 1. The van der Waals surface area contributed by atoms with Crippen LogP contribution in [0.15, 0.2) is 10.5 Å². The molecule has 0 aliphatic carbocycles. The molecule has 0 spiro atoms. The van der Waals surface area contributed by atoms with Crippen molar-refractivity contribution in [1.82, 2.24) is 15.4 Å². The van der Waals surface area contributed by atoms with E-state index in [1.54, 1.807) is 0 Å². The van der Waals surface area contributed by atoms with E-state index >= 15 is 0 Å². The Morgan fingerprint density at radius 1 is 1.29 bits per heavy atom. The summed E-state index contributed by atoms with van der Waals surface area (Å²) < 4.78 is 4.61. The number of thiazole rings is 1. The number of carbonyl (C=O) groups is 5. The summed E-state index contributed by atoms with van der Waals surface area (Å²) in [6, 6.07) is -2.52. The van der Waals surface area contributed by atoms with Crippen LogP contribution in [0.25, 0.3) is 0 Å². The number of nitrogens with two attached hydrogens (primary N) is 2. The number of hydrogen-bond donors (Lipinski definition) is 3. The van der Waals surface area contributed by atoms with Crippen LogP contribution in [0.4, 0.5) is 9.93 Å². The van der Waals surface area contributed by atoms with Crippen LogP contribution in [0.3, 0.4) is 0 Å². The van der Waals surface area contributed by atoms with Crippen LogP contribution in [0.1, 0.15) is 19.5 Å². The van der Waals surface area contributed by atoms with Gasteiger partial charge >= 0.3 is 65.2 Å². The fraction of sp³-hybridized carbons (Fsp3) is 0.438. The average molecular weight is 532 g/mol. The van der Waals surface area contributed by atoms with Gasteiger partial charge in [-0.15, -0.1) is 11.3 Å². The molecule has 16 nitrogen and oxygen atoms in total. The number of oxime groups is 1. The number of carbonyl (C=O) groups excluding carboxylic acids is 5. The number of carboxylic acids is 2. The predicted molar refractivity (Wildman–Crippen MR) is 102 cm³/mol. The van der Waals surface area contributed by atoms with E-state index < -0.39 is 66.5 Å². The second-order valence-corrected chi connectivity index (χ2v) is 7.75. The third kappa shape index (κ3) is 8.87. The minimum Gasteiger partial charge on any atom is -0.548 e. The molecule has 0 bridgehead atoms. The molecule has 0 aromatic carbocycles. The maximum atomic E-state index is 12.8. The van der Waals surface area contributed by atoms with Gasteiger partial charge in [0.15, 0.2) is 16.4 Å². The normalized spacial score (nSPS) is 17.3. The van der Waals surface area contributed by atoms with Crippen LogP contribution in [0, 0.1) is 0 Å². The fourth-order valence-electron chi connectivity index (χ4n) is 2.30. The number of nitrogens with one attached hydrogen (secondary N) is 1. The van der Waals surface area contributed by atoms with Crippen molar-refractivity contribution in [2.24, 2.45) is 10.9 Å². The summed E-state index contributed by atoms with van der Waals surface area (Å²) in [5, 5.41) is 29.5. The molecule has 2 atom stereocenters. The van der Waals surface area contributed by atoms with Gasteiger partial charge in [-0.05, 0) is 13.8 Å². The van der Waals surface area contributed by atoms with Crippen LogP contribution in [-0.2, 0) is 33.6 Å². The van der Waals surface area contributed by atoms with Crippen LogP contribution >= 0.6 is 11.3 Å². The molecule has 19 heteroatoms. The maximum Gasteiger partial charge on any atom is 1.00 e. The Morgan fingerprint density at radius 2 is 1.91 bits per heavy atom. The second kappa shape index (κ2) is 13.9. The van der Waals surface area contributed by atoms with Crippen molar-refractivity contribution in [3.05, 3.63) is 11.1 Å². The van der Waals surface area contributed by atoms with Crippen LogP contribution < -0.4 is 86.1 Å². The van der Waals surface area contributed by atoms with Crippen molar-refractivity contribution >= 4 is 52.0 Å². The molecule has 1 aliphatic heterocycles. The van der Waals surface area contributed by atoms with E-state index in [1.165, 1.54) is 5.38 Å². The van der Waals surface area contributed by atoms with Crippen molar-refractivity contribution in [2.75, 3.05) is 18.9 Å². The monoisotopic (exact) mass is 532 g/mol.